The lowest BCUT2D eigenvalue weighted by molar-refractivity contribution is 0.866. The van der Waals surface area contributed by atoms with Gasteiger partial charge in [-0.05, 0) is 29.9 Å². The van der Waals surface area contributed by atoms with Crippen LogP contribution in [0.25, 0.3) is 0 Å². The maximum absolute atomic E-state index is 2.21. The van der Waals surface area contributed by atoms with Gasteiger partial charge in [0.25, 0.3) is 0 Å². The molecule has 0 amide bonds. The van der Waals surface area contributed by atoms with Gasteiger partial charge in [0, 0.05) is 0 Å². The fourth-order valence-corrected chi connectivity index (χ4v) is 1.79. The van der Waals surface area contributed by atoms with Crippen LogP contribution in [0.1, 0.15) is 97.8 Å². The molecular formula is C25H44. The van der Waals surface area contributed by atoms with Crippen molar-refractivity contribution in [3.8, 4) is 0 Å². The Balaban J connectivity index is -0.000000299. The van der Waals surface area contributed by atoms with Crippen molar-refractivity contribution in [2.45, 2.75) is 88.0 Å². The van der Waals surface area contributed by atoms with Crippen molar-refractivity contribution in [2.24, 2.45) is 0 Å². The minimum atomic E-state index is 0.653. The SMILES string of the molecule is CC.CC.CC.CC(C)c1ccccc1.Cc1ccc(C(C)C)cc1. The van der Waals surface area contributed by atoms with Gasteiger partial charge in [-0.2, -0.15) is 0 Å². The summed E-state index contributed by atoms with van der Waals surface area (Å²) in [6.07, 6.45) is 0. The largest absolute Gasteiger partial charge is 0.0683 e. The van der Waals surface area contributed by atoms with Gasteiger partial charge in [0.1, 0.15) is 0 Å². The average Bonchev–Trinajstić information content (AvgIpc) is 2.68. The second kappa shape index (κ2) is 20.5. The number of rotatable bonds is 2. The van der Waals surface area contributed by atoms with Gasteiger partial charge >= 0.3 is 0 Å². The van der Waals surface area contributed by atoms with Gasteiger partial charge in [0.15, 0.2) is 0 Å². The summed E-state index contributed by atoms with van der Waals surface area (Å²) in [5.41, 5.74) is 4.17. The van der Waals surface area contributed by atoms with Crippen molar-refractivity contribution < 1.29 is 0 Å². The minimum Gasteiger partial charge on any atom is -0.0683 e. The second-order valence-electron chi connectivity index (χ2n) is 5.63. The van der Waals surface area contributed by atoms with Gasteiger partial charge in [0.05, 0.1) is 0 Å². The first-order valence-corrected chi connectivity index (χ1v) is 10.1. The first-order valence-electron chi connectivity index (χ1n) is 10.1. The molecule has 0 aromatic heterocycles. The molecule has 0 atom stereocenters. The van der Waals surface area contributed by atoms with E-state index < -0.39 is 0 Å². The van der Waals surface area contributed by atoms with E-state index in [4.69, 9.17) is 0 Å². The highest BCUT2D eigenvalue weighted by molar-refractivity contribution is 5.23. The van der Waals surface area contributed by atoms with Crippen LogP contribution in [0.2, 0.25) is 0 Å². The van der Waals surface area contributed by atoms with E-state index in [0.717, 1.165) is 0 Å². The van der Waals surface area contributed by atoms with Crippen LogP contribution in [0, 0.1) is 6.92 Å². The Morgan fingerprint density at radius 3 is 1.08 bits per heavy atom. The van der Waals surface area contributed by atoms with Crippen molar-refractivity contribution in [3.05, 3.63) is 71.3 Å². The van der Waals surface area contributed by atoms with E-state index in [1.54, 1.807) is 0 Å². The third-order valence-corrected chi connectivity index (χ3v) is 3.21. The fourth-order valence-electron chi connectivity index (χ4n) is 1.79. The smallest absolute Gasteiger partial charge is 0.0219 e. The highest BCUT2D eigenvalue weighted by atomic mass is 14.0. The van der Waals surface area contributed by atoms with Crippen LogP contribution in [0.3, 0.4) is 0 Å². The summed E-state index contributed by atoms with van der Waals surface area (Å²) in [7, 11) is 0. The van der Waals surface area contributed by atoms with Crippen LogP contribution < -0.4 is 0 Å². The third-order valence-electron chi connectivity index (χ3n) is 3.21. The van der Waals surface area contributed by atoms with Gasteiger partial charge in [0.2, 0.25) is 0 Å². The Morgan fingerprint density at radius 2 is 0.800 bits per heavy atom. The van der Waals surface area contributed by atoms with Gasteiger partial charge in [-0.25, -0.2) is 0 Å². The molecule has 0 saturated carbocycles. The second-order valence-corrected chi connectivity index (χ2v) is 5.63. The molecule has 0 N–H and O–H groups in total. The molecule has 0 fully saturated rings. The van der Waals surface area contributed by atoms with Crippen molar-refractivity contribution in [1.82, 2.24) is 0 Å². The minimum absolute atomic E-state index is 0.653. The normalized spacial score (nSPS) is 8.52. The van der Waals surface area contributed by atoms with Crippen LogP contribution in [-0.2, 0) is 0 Å². The predicted molar refractivity (Wildman–Crippen MR) is 120 cm³/mol. The van der Waals surface area contributed by atoms with Gasteiger partial charge < -0.3 is 0 Å². The lowest BCUT2D eigenvalue weighted by atomic mass is 10.0. The average molecular weight is 345 g/mol. The Bertz CT molecular complexity index is 449. The molecular weight excluding hydrogens is 300 g/mol. The van der Waals surface area contributed by atoms with E-state index in [-0.39, 0.29) is 0 Å². The molecule has 2 aromatic carbocycles. The lowest BCUT2D eigenvalue weighted by Gasteiger charge is -2.03. The molecule has 25 heavy (non-hydrogen) atoms. The lowest BCUT2D eigenvalue weighted by Crippen LogP contribution is -1.85. The van der Waals surface area contributed by atoms with E-state index in [0.29, 0.717) is 11.8 Å². The summed E-state index contributed by atoms with van der Waals surface area (Å²) in [6, 6.07) is 19.2. The van der Waals surface area contributed by atoms with Gasteiger partial charge in [-0.15, -0.1) is 0 Å². The summed E-state index contributed by atoms with van der Waals surface area (Å²) >= 11 is 0. The van der Waals surface area contributed by atoms with Crippen LogP contribution >= 0.6 is 0 Å². The van der Waals surface area contributed by atoms with E-state index in [1.165, 1.54) is 16.7 Å². The molecule has 2 rings (SSSR count). The molecule has 144 valence electrons. The Kier molecular flexibility index (Phi) is 23.1. The topological polar surface area (TPSA) is 0 Å². The molecule has 0 unspecified atom stereocenters. The van der Waals surface area contributed by atoms with Crippen LogP contribution in [-0.4, -0.2) is 0 Å². The first-order chi connectivity index (χ1) is 12.0. The van der Waals surface area contributed by atoms with Gasteiger partial charge in [-0.1, -0.05) is 129 Å². The van der Waals surface area contributed by atoms with Crippen LogP contribution in [0.5, 0.6) is 0 Å². The van der Waals surface area contributed by atoms with Crippen molar-refractivity contribution in [1.29, 1.82) is 0 Å². The number of hydrogen-bond acceptors (Lipinski definition) is 0. The monoisotopic (exact) mass is 344 g/mol. The number of aryl methyl sites for hydroxylation is 1. The molecule has 0 saturated heterocycles. The van der Waals surface area contributed by atoms with Crippen LogP contribution in [0.4, 0.5) is 0 Å². The Labute approximate surface area is 159 Å². The number of hydrogen-bond donors (Lipinski definition) is 0. The van der Waals surface area contributed by atoms with E-state index in [2.05, 4.69) is 83.1 Å². The van der Waals surface area contributed by atoms with Crippen LogP contribution in [0.15, 0.2) is 54.6 Å². The van der Waals surface area contributed by atoms with Gasteiger partial charge in [-0.3, -0.25) is 0 Å². The summed E-state index contributed by atoms with van der Waals surface area (Å²) in [4.78, 5) is 0. The maximum Gasteiger partial charge on any atom is -0.0219 e. The molecule has 0 heteroatoms. The fraction of sp³-hybridized carbons (Fsp3) is 0.520. The molecule has 0 heterocycles. The van der Waals surface area contributed by atoms with E-state index in [9.17, 15) is 0 Å². The molecule has 0 radical (unpaired) electrons. The molecule has 2 aromatic rings. The molecule has 0 nitrogen and oxygen atoms in total. The first kappa shape index (κ1) is 28.3. The zero-order valence-electron chi connectivity index (χ0n) is 18.9. The van der Waals surface area contributed by atoms with Crippen molar-refractivity contribution >= 4 is 0 Å². The molecule has 0 spiro atoms. The number of benzene rings is 2. The van der Waals surface area contributed by atoms with Crippen molar-refractivity contribution in [2.75, 3.05) is 0 Å². The predicted octanol–water partition coefficient (Wildman–Crippen LogP) is 9.01. The molecule has 0 aliphatic carbocycles. The Morgan fingerprint density at radius 1 is 0.480 bits per heavy atom. The summed E-state index contributed by atoms with van der Waals surface area (Å²) in [6.45, 7) is 22.9. The molecule has 0 aliphatic rings. The quantitative estimate of drug-likeness (QED) is 0.509. The molecule has 0 bridgehead atoms. The van der Waals surface area contributed by atoms with Crippen molar-refractivity contribution in [3.63, 3.8) is 0 Å². The summed E-state index contributed by atoms with van der Waals surface area (Å²) in [5, 5.41) is 0. The zero-order valence-corrected chi connectivity index (χ0v) is 18.9. The standard InChI is InChI=1S/C10H14.C9H12.3C2H6/c1-8(2)10-6-4-9(3)5-7-10;1-8(2)9-6-4-3-5-7-9;3*1-2/h4-8H,1-3H3;3-8H,1-2H3;3*1-2H3. The zero-order chi connectivity index (χ0) is 20.3. The summed E-state index contributed by atoms with van der Waals surface area (Å²) in [5.74, 6) is 1.31. The maximum atomic E-state index is 2.21. The highest BCUT2D eigenvalue weighted by Gasteiger charge is 1.95. The van der Waals surface area contributed by atoms with E-state index in [1.807, 2.05) is 47.6 Å². The van der Waals surface area contributed by atoms with E-state index >= 15 is 0 Å². The summed E-state index contributed by atoms with van der Waals surface area (Å²) < 4.78 is 0. The highest BCUT2D eigenvalue weighted by Crippen LogP contribution is 2.13. The third kappa shape index (κ3) is 15.7. The Hall–Kier alpha value is -1.56. The molecule has 0 aliphatic heterocycles.